The third-order valence-corrected chi connectivity index (χ3v) is 1.73. The van der Waals surface area contributed by atoms with Gasteiger partial charge in [-0.2, -0.15) is 12.6 Å². The lowest BCUT2D eigenvalue weighted by atomic mass is 10.2. The molecule has 0 radical (unpaired) electrons. The lowest BCUT2D eigenvalue weighted by molar-refractivity contribution is 0.494. The minimum Gasteiger partial charge on any atom is -0.306 e. The molecule has 1 aliphatic rings. The van der Waals surface area contributed by atoms with Gasteiger partial charge >= 0.3 is 0 Å². The highest BCUT2D eigenvalue weighted by Gasteiger charge is 2.05. The number of thiol groups is 1. The molecule has 1 N–H and O–H groups in total. The van der Waals surface area contributed by atoms with E-state index in [2.05, 4.69) is 17.9 Å². The molecular formula is C5H11NS. The van der Waals surface area contributed by atoms with E-state index in [1.54, 1.807) is 0 Å². The molecule has 0 bridgehead atoms. The van der Waals surface area contributed by atoms with Crippen LogP contribution in [0.4, 0.5) is 0 Å². The van der Waals surface area contributed by atoms with Crippen molar-refractivity contribution in [2.45, 2.75) is 24.6 Å². The highest BCUT2D eigenvalue weighted by atomic mass is 32.1. The summed E-state index contributed by atoms with van der Waals surface area (Å²) in [5.41, 5.74) is 0. The lowest BCUT2D eigenvalue weighted by Crippen LogP contribution is -2.28. The summed E-state index contributed by atoms with van der Waals surface area (Å²) >= 11 is 4.25. The van der Waals surface area contributed by atoms with Crippen LogP contribution in [0.3, 0.4) is 0 Å². The quantitative estimate of drug-likeness (QED) is 0.451. The van der Waals surface area contributed by atoms with Crippen molar-refractivity contribution in [3.8, 4) is 0 Å². The number of rotatable bonds is 0. The molecule has 7 heavy (non-hydrogen) atoms. The van der Waals surface area contributed by atoms with Crippen molar-refractivity contribution in [2.75, 3.05) is 6.54 Å². The largest absolute Gasteiger partial charge is 0.306 e. The average Bonchev–Trinajstić information content (AvgIpc) is 1.69. The van der Waals surface area contributed by atoms with Gasteiger partial charge in [0.05, 0.1) is 5.37 Å². The van der Waals surface area contributed by atoms with Crippen LogP contribution >= 0.6 is 12.6 Å². The molecule has 0 aromatic rings. The van der Waals surface area contributed by atoms with Gasteiger partial charge < -0.3 is 5.32 Å². The molecule has 42 valence electrons. The first-order chi connectivity index (χ1) is 3.39. The highest BCUT2D eigenvalue weighted by Crippen LogP contribution is 2.08. The topological polar surface area (TPSA) is 12.0 Å². The van der Waals surface area contributed by atoms with Crippen molar-refractivity contribution in [3.63, 3.8) is 0 Å². The molecule has 2 heteroatoms. The highest BCUT2D eigenvalue weighted by molar-refractivity contribution is 7.80. The van der Waals surface area contributed by atoms with Gasteiger partial charge in [-0.25, -0.2) is 0 Å². The monoisotopic (exact) mass is 117 g/mol. The van der Waals surface area contributed by atoms with Crippen LogP contribution in [0.25, 0.3) is 0 Å². The Hall–Kier alpha value is 0.310. The van der Waals surface area contributed by atoms with Gasteiger partial charge in [0, 0.05) is 0 Å². The Morgan fingerprint density at radius 3 is 2.57 bits per heavy atom. The van der Waals surface area contributed by atoms with Gasteiger partial charge in [0.2, 0.25) is 0 Å². The maximum absolute atomic E-state index is 4.25. The maximum atomic E-state index is 4.25. The fourth-order valence-electron chi connectivity index (χ4n) is 0.833. The molecule has 0 aromatic carbocycles. The third kappa shape index (κ3) is 1.70. The molecule has 1 rings (SSSR count). The Balaban J connectivity index is 2.12. The predicted octanol–water partition coefficient (Wildman–Crippen LogP) is 1.02. The van der Waals surface area contributed by atoms with Gasteiger partial charge in [-0.15, -0.1) is 0 Å². The van der Waals surface area contributed by atoms with Crippen molar-refractivity contribution in [2.24, 2.45) is 0 Å². The molecule has 0 spiro atoms. The summed E-state index contributed by atoms with van der Waals surface area (Å²) in [6.45, 7) is 1.16. The molecule has 1 atom stereocenters. The van der Waals surface area contributed by atoms with Crippen molar-refractivity contribution >= 4 is 12.6 Å². The standard InChI is InChI=1S/C5H11NS/c7-5-3-1-2-4-6-5/h5-7H,1-4H2. The first-order valence-electron chi connectivity index (χ1n) is 2.81. The van der Waals surface area contributed by atoms with Gasteiger partial charge in [0.25, 0.3) is 0 Å². The zero-order chi connectivity index (χ0) is 5.11. The van der Waals surface area contributed by atoms with Crippen LogP contribution < -0.4 is 5.32 Å². The minimum atomic E-state index is 0.480. The van der Waals surface area contributed by atoms with Crippen LogP contribution in [0, 0.1) is 0 Å². The first kappa shape index (κ1) is 5.45. The Morgan fingerprint density at radius 2 is 2.29 bits per heavy atom. The molecular weight excluding hydrogens is 106 g/mol. The molecule has 1 fully saturated rings. The summed E-state index contributed by atoms with van der Waals surface area (Å²) in [7, 11) is 0. The fourth-order valence-corrected chi connectivity index (χ4v) is 1.15. The minimum absolute atomic E-state index is 0.480. The number of piperidine rings is 1. The lowest BCUT2D eigenvalue weighted by Gasteiger charge is -2.17. The van der Waals surface area contributed by atoms with Crippen molar-refractivity contribution in [3.05, 3.63) is 0 Å². The Kier molecular flexibility index (Phi) is 2.00. The van der Waals surface area contributed by atoms with Gasteiger partial charge in [0.15, 0.2) is 0 Å². The summed E-state index contributed by atoms with van der Waals surface area (Å²) in [4.78, 5) is 0. The number of nitrogens with one attached hydrogen (secondary N) is 1. The van der Waals surface area contributed by atoms with Crippen LogP contribution in [0.5, 0.6) is 0 Å². The predicted molar refractivity (Wildman–Crippen MR) is 34.6 cm³/mol. The van der Waals surface area contributed by atoms with E-state index in [1.165, 1.54) is 19.3 Å². The Morgan fingerprint density at radius 1 is 1.43 bits per heavy atom. The fraction of sp³-hybridized carbons (Fsp3) is 1.00. The van der Waals surface area contributed by atoms with E-state index in [-0.39, 0.29) is 0 Å². The molecule has 1 nitrogen and oxygen atoms in total. The van der Waals surface area contributed by atoms with E-state index in [0.29, 0.717) is 5.37 Å². The van der Waals surface area contributed by atoms with Crippen LogP contribution in [0.2, 0.25) is 0 Å². The van der Waals surface area contributed by atoms with Crippen molar-refractivity contribution in [1.29, 1.82) is 0 Å². The maximum Gasteiger partial charge on any atom is 0.0502 e. The van der Waals surface area contributed by atoms with E-state index in [9.17, 15) is 0 Å². The van der Waals surface area contributed by atoms with E-state index in [4.69, 9.17) is 0 Å². The summed E-state index contributed by atoms with van der Waals surface area (Å²) < 4.78 is 0. The molecule has 0 aliphatic carbocycles. The second-order valence-corrected chi connectivity index (χ2v) is 2.59. The summed E-state index contributed by atoms with van der Waals surface area (Å²) in [6, 6.07) is 0. The molecule has 0 saturated carbocycles. The Bertz CT molecular complexity index is 50.0. The van der Waals surface area contributed by atoms with Crippen LogP contribution in [-0.4, -0.2) is 11.9 Å². The molecule has 1 saturated heterocycles. The number of hydrogen-bond donors (Lipinski definition) is 2. The van der Waals surface area contributed by atoms with Gasteiger partial charge in [-0.05, 0) is 25.8 Å². The van der Waals surface area contributed by atoms with Gasteiger partial charge in [-0.3, -0.25) is 0 Å². The zero-order valence-electron chi connectivity index (χ0n) is 4.35. The summed E-state index contributed by atoms with van der Waals surface area (Å²) in [5.74, 6) is 0. The molecule has 1 heterocycles. The smallest absolute Gasteiger partial charge is 0.0502 e. The van der Waals surface area contributed by atoms with Crippen LogP contribution in [0.15, 0.2) is 0 Å². The first-order valence-corrected chi connectivity index (χ1v) is 3.33. The normalized spacial score (nSPS) is 33.0. The molecule has 1 unspecified atom stereocenters. The van der Waals surface area contributed by atoms with E-state index in [0.717, 1.165) is 6.54 Å². The van der Waals surface area contributed by atoms with E-state index >= 15 is 0 Å². The van der Waals surface area contributed by atoms with Crippen molar-refractivity contribution < 1.29 is 0 Å². The number of hydrogen-bond acceptors (Lipinski definition) is 2. The molecule has 0 amide bonds. The third-order valence-electron chi connectivity index (χ3n) is 1.28. The average molecular weight is 117 g/mol. The second-order valence-electron chi connectivity index (χ2n) is 1.97. The van der Waals surface area contributed by atoms with Crippen LogP contribution in [0.1, 0.15) is 19.3 Å². The summed E-state index contributed by atoms with van der Waals surface area (Å²) in [6.07, 6.45) is 3.92. The molecule has 0 aromatic heterocycles. The molecule has 1 aliphatic heterocycles. The summed E-state index contributed by atoms with van der Waals surface area (Å²) in [5, 5.41) is 3.73. The zero-order valence-corrected chi connectivity index (χ0v) is 5.25. The van der Waals surface area contributed by atoms with Gasteiger partial charge in [0.1, 0.15) is 0 Å². The van der Waals surface area contributed by atoms with Crippen molar-refractivity contribution in [1.82, 2.24) is 5.32 Å². The van der Waals surface area contributed by atoms with Crippen LogP contribution in [-0.2, 0) is 0 Å². The van der Waals surface area contributed by atoms with E-state index in [1.807, 2.05) is 0 Å². The van der Waals surface area contributed by atoms with E-state index < -0.39 is 0 Å². The second kappa shape index (κ2) is 2.58. The van der Waals surface area contributed by atoms with Gasteiger partial charge in [-0.1, -0.05) is 0 Å². The SMILES string of the molecule is SC1CCCCN1. The Labute approximate surface area is 49.9 Å².